The first kappa shape index (κ1) is 13.1. The first-order valence-corrected chi connectivity index (χ1v) is 5.62. The zero-order valence-corrected chi connectivity index (χ0v) is 10.2. The van der Waals surface area contributed by atoms with Gasteiger partial charge >= 0.3 is 0 Å². The highest BCUT2D eigenvalue weighted by Gasteiger charge is 2.14. The number of nitrogens with zero attached hydrogens (tertiary/aromatic N) is 2. The van der Waals surface area contributed by atoms with Crippen molar-refractivity contribution in [3.05, 3.63) is 17.5 Å². The molecule has 0 atom stereocenters. The van der Waals surface area contributed by atoms with E-state index in [2.05, 4.69) is 13.8 Å². The molecule has 1 amide bonds. The predicted octanol–water partition coefficient (Wildman–Crippen LogP) is 1.02. The minimum Gasteiger partial charge on any atom is -0.397 e. The van der Waals surface area contributed by atoms with Crippen molar-refractivity contribution in [3.8, 4) is 6.07 Å². The van der Waals surface area contributed by atoms with Crippen LogP contribution in [0.5, 0.6) is 0 Å². The summed E-state index contributed by atoms with van der Waals surface area (Å²) in [5.74, 6) is 0.0692. The minimum absolute atomic E-state index is 0.00746. The second-order valence-corrected chi connectivity index (χ2v) is 4.53. The molecule has 1 aromatic heterocycles. The Bertz CT molecular complexity index is 454. The molecule has 0 radical (unpaired) electrons. The molecule has 0 saturated carbocycles. The maximum Gasteiger partial charge on any atom is 0.237 e. The van der Waals surface area contributed by atoms with Crippen molar-refractivity contribution in [2.45, 2.75) is 33.2 Å². The lowest BCUT2D eigenvalue weighted by atomic mass is 10.1. The zero-order valence-electron chi connectivity index (χ0n) is 10.2. The van der Waals surface area contributed by atoms with Crippen LogP contribution in [0.2, 0.25) is 0 Å². The number of carbonyl (C=O) groups excluding carboxylic acids is 1. The third-order valence-corrected chi connectivity index (χ3v) is 2.63. The molecule has 5 heteroatoms. The maximum absolute atomic E-state index is 11.0. The number of amides is 1. The summed E-state index contributed by atoms with van der Waals surface area (Å²) in [6, 6.07) is 3.62. The number of hydrogen-bond donors (Lipinski definition) is 2. The van der Waals surface area contributed by atoms with Gasteiger partial charge in [-0.05, 0) is 24.8 Å². The smallest absolute Gasteiger partial charge is 0.237 e. The fourth-order valence-electron chi connectivity index (χ4n) is 1.74. The Morgan fingerprint density at radius 1 is 1.59 bits per heavy atom. The fraction of sp³-hybridized carbons (Fsp3) is 0.500. The van der Waals surface area contributed by atoms with Crippen LogP contribution in [0.1, 0.15) is 31.7 Å². The second kappa shape index (κ2) is 5.39. The highest BCUT2D eigenvalue weighted by atomic mass is 16.1. The highest BCUT2D eigenvalue weighted by Crippen LogP contribution is 2.21. The number of nitriles is 1. The van der Waals surface area contributed by atoms with Crippen LogP contribution in [0.3, 0.4) is 0 Å². The van der Waals surface area contributed by atoms with E-state index in [1.54, 1.807) is 10.6 Å². The summed E-state index contributed by atoms with van der Waals surface area (Å²) < 4.78 is 1.61. The highest BCUT2D eigenvalue weighted by molar-refractivity contribution is 5.74. The normalized spacial score (nSPS) is 10.5. The monoisotopic (exact) mass is 234 g/mol. The van der Waals surface area contributed by atoms with Crippen LogP contribution in [0.15, 0.2) is 6.07 Å². The van der Waals surface area contributed by atoms with Crippen molar-refractivity contribution in [1.82, 2.24) is 4.57 Å². The summed E-state index contributed by atoms with van der Waals surface area (Å²) in [5.41, 5.74) is 12.8. The molecule has 0 aliphatic rings. The van der Waals surface area contributed by atoms with E-state index in [4.69, 9.17) is 16.7 Å². The third kappa shape index (κ3) is 3.25. The molecule has 0 bridgehead atoms. The van der Waals surface area contributed by atoms with E-state index < -0.39 is 5.91 Å². The Labute approximate surface area is 101 Å². The lowest BCUT2D eigenvalue weighted by Crippen LogP contribution is -2.21. The van der Waals surface area contributed by atoms with Crippen molar-refractivity contribution in [1.29, 1.82) is 5.26 Å². The van der Waals surface area contributed by atoms with Crippen molar-refractivity contribution in [2.75, 3.05) is 5.73 Å². The largest absolute Gasteiger partial charge is 0.397 e. The van der Waals surface area contributed by atoms with Crippen molar-refractivity contribution in [3.63, 3.8) is 0 Å². The van der Waals surface area contributed by atoms with Crippen molar-refractivity contribution in [2.24, 2.45) is 11.7 Å². The molecule has 0 unspecified atom stereocenters. The van der Waals surface area contributed by atoms with E-state index in [1.807, 2.05) is 6.07 Å². The molecule has 5 nitrogen and oxygen atoms in total. The Balaban J connectivity index is 3.04. The van der Waals surface area contributed by atoms with Gasteiger partial charge in [-0.3, -0.25) is 4.79 Å². The molecule has 0 aromatic carbocycles. The Hall–Kier alpha value is -1.96. The quantitative estimate of drug-likeness (QED) is 0.795. The van der Waals surface area contributed by atoms with E-state index in [0.717, 1.165) is 18.5 Å². The molecule has 1 heterocycles. The topological polar surface area (TPSA) is 97.8 Å². The van der Waals surface area contributed by atoms with Crippen LogP contribution in [-0.4, -0.2) is 10.5 Å². The first-order chi connectivity index (χ1) is 7.95. The van der Waals surface area contributed by atoms with Gasteiger partial charge in [-0.1, -0.05) is 13.8 Å². The van der Waals surface area contributed by atoms with Gasteiger partial charge in [0.2, 0.25) is 5.91 Å². The van der Waals surface area contributed by atoms with Crippen molar-refractivity contribution >= 4 is 11.6 Å². The van der Waals surface area contributed by atoms with Gasteiger partial charge in [-0.15, -0.1) is 0 Å². The van der Waals surface area contributed by atoms with Gasteiger partial charge in [0.05, 0.1) is 5.69 Å². The van der Waals surface area contributed by atoms with Crippen LogP contribution < -0.4 is 11.5 Å². The standard InChI is InChI=1S/C12H18N4O/c1-8(2)3-4-11-10(14)5-9(6-13)16(11)7-12(15)17/h5,8H,3-4,7,14H2,1-2H3,(H2,15,17). The van der Waals surface area contributed by atoms with Crippen LogP contribution in [0.25, 0.3) is 0 Å². The molecule has 0 saturated heterocycles. The second-order valence-electron chi connectivity index (χ2n) is 4.53. The Morgan fingerprint density at radius 3 is 2.71 bits per heavy atom. The lowest BCUT2D eigenvalue weighted by molar-refractivity contribution is -0.118. The molecular formula is C12H18N4O. The summed E-state index contributed by atoms with van der Waals surface area (Å²) >= 11 is 0. The number of primary amides is 1. The zero-order chi connectivity index (χ0) is 13.0. The van der Waals surface area contributed by atoms with E-state index in [-0.39, 0.29) is 6.54 Å². The predicted molar refractivity (Wildman–Crippen MR) is 65.9 cm³/mol. The number of anilines is 1. The summed E-state index contributed by atoms with van der Waals surface area (Å²) in [6.45, 7) is 4.24. The van der Waals surface area contributed by atoms with E-state index in [0.29, 0.717) is 17.3 Å². The van der Waals surface area contributed by atoms with Gasteiger partial charge in [-0.2, -0.15) is 5.26 Å². The minimum atomic E-state index is -0.470. The Morgan fingerprint density at radius 2 is 2.24 bits per heavy atom. The number of hydrogen-bond acceptors (Lipinski definition) is 3. The van der Waals surface area contributed by atoms with Gasteiger partial charge in [0.1, 0.15) is 18.3 Å². The van der Waals surface area contributed by atoms with Crippen LogP contribution in [0.4, 0.5) is 5.69 Å². The van der Waals surface area contributed by atoms with Gasteiger partial charge < -0.3 is 16.0 Å². The number of aromatic nitrogens is 1. The van der Waals surface area contributed by atoms with Crippen LogP contribution in [0, 0.1) is 17.2 Å². The van der Waals surface area contributed by atoms with Crippen LogP contribution >= 0.6 is 0 Å². The fourth-order valence-corrected chi connectivity index (χ4v) is 1.74. The number of rotatable bonds is 5. The molecule has 0 fully saturated rings. The Kier molecular flexibility index (Phi) is 4.16. The van der Waals surface area contributed by atoms with Gasteiger partial charge in [-0.25, -0.2) is 0 Å². The molecule has 0 aliphatic heterocycles. The molecule has 4 N–H and O–H groups in total. The van der Waals surface area contributed by atoms with Gasteiger partial charge in [0, 0.05) is 5.69 Å². The lowest BCUT2D eigenvalue weighted by Gasteiger charge is -2.10. The summed E-state index contributed by atoms with van der Waals surface area (Å²) in [6.07, 6.45) is 1.70. The number of nitrogen functional groups attached to an aromatic ring is 1. The molecular weight excluding hydrogens is 216 g/mol. The molecule has 92 valence electrons. The third-order valence-electron chi connectivity index (χ3n) is 2.63. The average Bonchev–Trinajstić information content (AvgIpc) is 2.51. The molecule has 1 aromatic rings. The summed E-state index contributed by atoms with van der Waals surface area (Å²) in [4.78, 5) is 11.0. The molecule has 0 aliphatic carbocycles. The van der Waals surface area contributed by atoms with Crippen molar-refractivity contribution < 1.29 is 4.79 Å². The SMILES string of the molecule is CC(C)CCc1c(N)cc(C#N)n1CC(N)=O. The summed E-state index contributed by atoms with van der Waals surface area (Å²) in [5, 5.41) is 8.97. The van der Waals surface area contributed by atoms with Gasteiger partial charge in [0.25, 0.3) is 0 Å². The van der Waals surface area contributed by atoms with Crippen LogP contribution in [-0.2, 0) is 17.8 Å². The van der Waals surface area contributed by atoms with E-state index >= 15 is 0 Å². The number of nitrogens with two attached hydrogens (primary N) is 2. The first-order valence-electron chi connectivity index (χ1n) is 5.62. The molecule has 1 rings (SSSR count). The average molecular weight is 234 g/mol. The molecule has 17 heavy (non-hydrogen) atoms. The van der Waals surface area contributed by atoms with E-state index in [1.165, 1.54) is 0 Å². The molecule has 0 spiro atoms. The summed E-state index contributed by atoms with van der Waals surface area (Å²) in [7, 11) is 0. The maximum atomic E-state index is 11.0. The van der Waals surface area contributed by atoms with E-state index in [9.17, 15) is 4.79 Å². The van der Waals surface area contributed by atoms with Gasteiger partial charge in [0.15, 0.2) is 0 Å². The number of carbonyl (C=O) groups is 1.